The second-order valence-electron chi connectivity index (χ2n) is 12.9. The predicted molar refractivity (Wildman–Crippen MR) is 152 cm³/mol. The summed E-state index contributed by atoms with van der Waals surface area (Å²) < 4.78 is 0. The van der Waals surface area contributed by atoms with E-state index in [1.54, 1.807) is 5.57 Å². The quantitative estimate of drug-likeness (QED) is 0.548. The maximum Gasteiger partial charge on any atom is 0.225 e. The lowest BCUT2D eigenvalue weighted by Gasteiger charge is -2.57. The fourth-order valence-electron chi connectivity index (χ4n) is 8.98. The summed E-state index contributed by atoms with van der Waals surface area (Å²) >= 11 is 0. The Morgan fingerprint density at radius 2 is 1.61 bits per heavy atom. The van der Waals surface area contributed by atoms with E-state index < -0.39 is 0 Å². The van der Waals surface area contributed by atoms with Gasteiger partial charge in [0, 0.05) is 44.8 Å². The first-order chi connectivity index (χ1) is 18.5. The average molecular weight is 512 g/mol. The van der Waals surface area contributed by atoms with Crippen LogP contribution in [0.3, 0.4) is 0 Å². The highest BCUT2D eigenvalue weighted by molar-refractivity contribution is 5.73. The fourth-order valence-corrected chi connectivity index (χ4v) is 8.98. The highest BCUT2D eigenvalue weighted by atomic mass is 16.3. The zero-order valence-electron chi connectivity index (χ0n) is 22.9. The SMILES string of the molecule is C[C@]12CC[C@H](O)CC1=CC[C@@H]1[C@@H]2CC[C@]2(C)C(c3ccc(N4CCN(c5ncccn5)CC4)nc3)=CC[C@@H]12. The van der Waals surface area contributed by atoms with Crippen LogP contribution in [0.4, 0.5) is 11.8 Å². The van der Waals surface area contributed by atoms with Crippen molar-refractivity contribution in [3.8, 4) is 0 Å². The van der Waals surface area contributed by atoms with Gasteiger partial charge in [0.25, 0.3) is 0 Å². The molecule has 3 heterocycles. The van der Waals surface area contributed by atoms with Crippen molar-refractivity contribution >= 4 is 17.3 Å². The fraction of sp³-hybridized carbons (Fsp3) is 0.594. The zero-order chi connectivity index (χ0) is 25.9. The lowest BCUT2D eigenvalue weighted by atomic mass is 9.47. The van der Waals surface area contributed by atoms with Crippen molar-refractivity contribution in [1.29, 1.82) is 0 Å². The Bertz CT molecular complexity index is 1230. The van der Waals surface area contributed by atoms with Crippen LogP contribution in [0.2, 0.25) is 0 Å². The molecule has 6 nitrogen and oxygen atoms in total. The molecule has 2 saturated carbocycles. The summed E-state index contributed by atoms with van der Waals surface area (Å²) in [5, 5.41) is 10.3. The molecule has 2 aromatic heterocycles. The minimum atomic E-state index is -0.128. The molecule has 0 aromatic carbocycles. The normalized spacial score (nSPS) is 36.6. The molecule has 4 aliphatic carbocycles. The molecule has 0 spiro atoms. The first-order valence-corrected chi connectivity index (χ1v) is 14.8. The third kappa shape index (κ3) is 3.82. The maximum absolute atomic E-state index is 10.3. The van der Waals surface area contributed by atoms with E-state index in [2.05, 4.69) is 64.1 Å². The summed E-state index contributed by atoms with van der Waals surface area (Å²) in [5.41, 5.74) is 4.94. The molecular formula is C32H41N5O. The summed E-state index contributed by atoms with van der Waals surface area (Å²) in [6.07, 6.45) is 18.7. The van der Waals surface area contributed by atoms with Crippen molar-refractivity contribution in [3.05, 3.63) is 60.1 Å². The molecule has 38 heavy (non-hydrogen) atoms. The standard InChI is InChI=1S/C32H41N5O/c1-31-12-10-24(38)20-23(31)5-6-25-27-8-7-26(32(27,2)13-11-28(25)31)22-4-9-29(35-21-22)36-16-18-37(19-17-36)30-33-14-3-15-34-30/h3-5,7,9,14-15,21,24-25,27-28,38H,6,8,10-13,16-20H2,1-2H3/t24-,25-,27-,28-,31-,32+/m0/s1. The van der Waals surface area contributed by atoms with Gasteiger partial charge in [-0.15, -0.1) is 0 Å². The molecule has 200 valence electrons. The summed E-state index contributed by atoms with van der Waals surface area (Å²) in [6.45, 7) is 8.74. The van der Waals surface area contributed by atoms with Crippen molar-refractivity contribution < 1.29 is 5.11 Å². The number of piperazine rings is 1. The number of hydrogen-bond acceptors (Lipinski definition) is 6. The van der Waals surface area contributed by atoms with Gasteiger partial charge < -0.3 is 14.9 Å². The van der Waals surface area contributed by atoms with Crippen LogP contribution < -0.4 is 9.80 Å². The van der Waals surface area contributed by atoms with Crippen molar-refractivity contribution in [2.24, 2.45) is 28.6 Å². The summed E-state index contributed by atoms with van der Waals surface area (Å²) in [7, 11) is 0. The Balaban J connectivity index is 1.05. The van der Waals surface area contributed by atoms with Gasteiger partial charge in [-0.1, -0.05) is 31.6 Å². The van der Waals surface area contributed by atoms with Crippen molar-refractivity contribution in [2.45, 2.75) is 64.9 Å². The first kappa shape index (κ1) is 24.3. The van der Waals surface area contributed by atoms with Crippen LogP contribution >= 0.6 is 0 Å². The lowest BCUT2D eigenvalue weighted by Crippen LogP contribution is -2.49. The van der Waals surface area contributed by atoms with E-state index in [4.69, 9.17) is 4.98 Å². The molecule has 0 radical (unpaired) electrons. The number of aromatic nitrogens is 3. The second kappa shape index (κ2) is 9.18. The molecule has 1 saturated heterocycles. The molecule has 6 heteroatoms. The Kier molecular flexibility index (Phi) is 5.88. The van der Waals surface area contributed by atoms with Crippen LogP contribution in [0, 0.1) is 28.6 Å². The van der Waals surface area contributed by atoms with Gasteiger partial charge in [0.05, 0.1) is 6.10 Å². The first-order valence-electron chi connectivity index (χ1n) is 14.8. The molecular weight excluding hydrogens is 470 g/mol. The molecule has 6 atom stereocenters. The van der Waals surface area contributed by atoms with Gasteiger partial charge in [-0.3, -0.25) is 0 Å². The van der Waals surface area contributed by atoms with Gasteiger partial charge in [0.1, 0.15) is 5.82 Å². The third-order valence-corrected chi connectivity index (χ3v) is 11.2. The van der Waals surface area contributed by atoms with E-state index in [1.165, 1.54) is 36.8 Å². The van der Waals surface area contributed by atoms with E-state index in [9.17, 15) is 5.11 Å². The van der Waals surface area contributed by atoms with E-state index in [-0.39, 0.29) is 11.5 Å². The monoisotopic (exact) mass is 511 g/mol. The second-order valence-corrected chi connectivity index (χ2v) is 12.9. The number of allylic oxidation sites excluding steroid dienone is 3. The Morgan fingerprint density at radius 3 is 2.37 bits per heavy atom. The topological polar surface area (TPSA) is 65.4 Å². The van der Waals surface area contributed by atoms with Crippen molar-refractivity contribution in [1.82, 2.24) is 15.0 Å². The van der Waals surface area contributed by atoms with Gasteiger partial charge in [-0.05, 0) is 103 Å². The van der Waals surface area contributed by atoms with E-state index in [0.717, 1.165) is 69.0 Å². The number of aliphatic hydroxyl groups is 1. The lowest BCUT2D eigenvalue weighted by molar-refractivity contribution is -0.0238. The average Bonchev–Trinajstić information content (AvgIpc) is 3.31. The van der Waals surface area contributed by atoms with Gasteiger partial charge in [0.15, 0.2) is 0 Å². The number of fused-ring (bicyclic) bond motifs is 5. The molecule has 7 rings (SSSR count). The van der Waals surface area contributed by atoms with Crippen LogP contribution in [0.5, 0.6) is 0 Å². The minimum absolute atomic E-state index is 0.128. The number of rotatable bonds is 3. The summed E-state index contributed by atoms with van der Waals surface area (Å²) in [6, 6.07) is 6.42. The minimum Gasteiger partial charge on any atom is -0.393 e. The Hall–Kier alpha value is -2.73. The van der Waals surface area contributed by atoms with Crippen LogP contribution in [-0.2, 0) is 0 Å². The Morgan fingerprint density at radius 1 is 0.842 bits per heavy atom. The van der Waals surface area contributed by atoms with Crippen molar-refractivity contribution in [2.75, 3.05) is 36.0 Å². The van der Waals surface area contributed by atoms with E-state index in [1.807, 2.05) is 18.5 Å². The van der Waals surface area contributed by atoms with Crippen molar-refractivity contribution in [3.63, 3.8) is 0 Å². The van der Waals surface area contributed by atoms with Crippen LogP contribution in [0.15, 0.2) is 54.5 Å². The van der Waals surface area contributed by atoms with Crippen LogP contribution in [0.1, 0.15) is 64.4 Å². The summed E-state index contributed by atoms with van der Waals surface area (Å²) in [4.78, 5) is 18.4. The number of anilines is 2. The Labute approximate surface area is 226 Å². The molecule has 2 aromatic rings. The van der Waals surface area contributed by atoms with Gasteiger partial charge >= 0.3 is 0 Å². The van der Waals surface area contributed by atoms with Gasteiger partial charge in [-0.2, -0.15) is 0 Å². The molecule has 1 aliphatic heterocycles. The molecule has 1 N–H and O–H groups in total. The maximum atomic E-state index is 10.3. The van der Waals surface area contributed by atoms with E-state index >= 15 is 0 Å². The number of pyridine rings is 1. The third-order valence-electron chi connectivity index (χ3n) is 11.2. The van der Waals surface area contributed by atoms with Gasteiger partial charge in [-0.25, -0.2) is 15.0 Å². The summed E-state index contributed by atoms with van der Waals surface area (Å²) in [5.74, 6) is 4.13. The largest absolute Gasteiger partial charge is 0.393 e. The molecule has 5 aliphatic rings. The molecule has 0 unspecified atom stereocenters. The molecule has 0 bridgehead atoms. The molecule has 3 fully saturated rings. The van der Waals surface area contributed by atoms with Gasteiger partial charge in [0.2, 0.25) is 5.95 Å². The number of hydrogen-bond donors (Lipinski definition) is 1. The van der Waals surface area contributed by atoms with E-state index in [0.29, 0.717) is 11.3 Å². The molecule has 0 amide bonds. The highest BCUT2D eigenvalue weighted by Gasteiger charge is 2.56. The number of nitrogens with zero attached hydrogens (tertiary/aromatic N) is 5. The van der Waals surface area contributed by atoms with Crippen LogP contribution in [0.25, 0.3) is 5.57 Å². The van der Waals surface area contributed by atoms with Crippen LogP contribution in [-0.4, -0.2) is 52.3 Å². The smallest absolute Gasteiger partial charge is 0.225 e. The number of aliphatic hydroxyl groups excluding tert-OH is 1. The zero-order valence-corrected chi connectivity index (χ0v) is 22.9. The predicted octanol–water partition coefficient (Wildman–Crippen LogP) is 5.52. The highest BCUT2D eigenvalue weighted by Crippen LogP contribution is 2.66.